The standard InChI is InChI=1S/C8H16N2O2/c9-12-6-8(11)10-7-4-2-1-3-5-7/h7H,1-6,9H2,(H,10,11). The molecule has 1 aliphatic carbocycles. The first-order chi connectivity index (χ1) is 5.83. The molecule has 0 bridgehead atoms. The molecule has 1 rings (SSSR count). The van der Waals surface area contributed by atoms with E-state index in [1.54, 1.807) is 0 Å². The second kappa shape index (κ2) is 5.11. The molecule has 4 heteroatoms. The zero-order chi connectivity index (χ0) is 8.81. The predicted molar refractivity (Wildman–Crippen MR) is 45.2 cm³/mol. The lowest BCUT2D eigenvalue weighted by atomic mass is 9.95. The Kier molecular flexibility index (Phi) is 4.04. The first-order valence-electron chi connectivity index (χ1n) is 4.44. The number of nitrogens with one attached hydrogen (secondary N) is 1. The monoisotopic (exact) mass is 172 g/mol. The Morgan fingerprint density at radius 3 is 2.67 bits per heavy atom. The Hall–Kier alpha value is -0.610. The van der Waals surface area contributed by atoms with Crippen LogP contribution in [0.4, 0.5) is 0 Å². The van der Waals surface area contributed by atoms with Gasteiger partial charge in [-0.25, -0.2) is 5.90 Å². The lowest BCUT2D eigenvalue weighted by molar-refractivity contribution is -0.126. The van der Waals surface area contributed by atoms with Gasteiger partial charge in [0.05, 0.1) is 0 Å². The van der Waals surface area contributed by atoms with Gasteiger partial charge in [-0.1, -0.05) is 19.3 Å². The Bertz CT molecular complexity index is 144. The van der Waals surface area contributed by atoms with Gasteiger partial charge in [-0.3, -0.25) is 9.63 Å². The van der Waals surface area contributed by atoms with Gasteiger partial charge in [-0.15, -0.1) is 0 Å². The zero-order valence-electron chi connectivity index (χ0n) is 7.21. The summed E-state index contributed by atoms with van der Waals surface area (Å²) in [5.41, 5.74) is 0. The molecule has 3 N–H and O–H groups in total. The summed E-state index contributed by atoms with van der Waals surface area (Å²) in [7, 11) is 0. The van der Waals surface area contributed by atoms with E-state index in [0.29, 0.717) is 6.04 Å². The SMILES string of the molecule is NOCC(=O)NC1CCCCC1. The molecule has 1 fully saturated rings. The van der Waals surface area contributed by atoms with E-state index in [2.05, 4.69) is 10.2 Å². The lowest BCUT2D eigenvalue weighted by Crippen LogP contribution is -2.38. The first kappa shape index (κ1) is 9.48. The molecule has 0 heterocycles. The van der Waals surface area contributed by atoms with Crippen LogP contribution in [-0.4, -0.2) is 18.6 Å². The summed E-state index contributed by atoms with van der Waals surface area (Å²) < 4.78 is 0. The normalized spacial score (nSPS) is 19.1. The Morgan fingerprint density at radius 1 is 1.42 bits per heavy atom. The number of rotatable bonds is 3. The van der Waals surface area contributed by atoms with Crippen molar-refractivity contribution >= 4 is 5.91 Å². The lowest BCUT2D eigenvalue weighted by Gasteiger charge is -2.22. The molecule has 4 nitrogen and oxygen atoms in total. The molecular formula is C8H16N2O2. The van der Waals surface area contributed by atoms with E-state index in [0.717, 1.165) is 12.8 Å². The number of hydrogen-bond donors (Lipinski definition) is 2. The smallest absolute Gasteiger partial charge is 0.248 e. The summed E-state index contributed by atoms with van der Waals surface area (Å²) in [4.78, 5) is 15.2. The second-order valence-corrected chi connectivity index (χ2v) is 3.21. The van der Waals surface area contributed by atoms with Gasteiger partial charge in [0.15, 0.2) is 0 Å². The van der Waals surface area contributed by atoms with Crippen molar-refractivity contribution in [3.8, 4) is 0 Å². The summed E-state index contributed by atoms with van der Waals surface area (Å²) in [5, 5.41) is 2.88. The summed E-state index contributed by atoms with van der Waals surface area (Å²) >= 11 is 0. The van der Waals surface area contributed by atoms with Crippen molar-refractivity contribution in [2.45, 2.75) is 38.1 Å². The molecule has 70 valence electrons. The van der Waals surface area contributed by atoms with E-state index >= 15 is 0 Å². The summed E-state index contributed by atoms with van der Waals surface area (Å²) in [6, 6.07) is 0.349. The Balaban J connectivity index is 2.15. The van der Waals surface area contributed by atoms with Crippen LogP contribution in [0.5, 0.6) is 0 Å². The Morgan fingerprint density at radius 2 is 2.08 bits per heavy atom. The molecule has 0 spiro atoms. The van der Waals surface area contributed by atoms with Crippen LogP contribution in [0.25, 0.3) is 0 Å². The minimum absolute atomic E-state index is 0.0312. The van der Waals surface area contributed by atoms with Crippen LogP contribution in [0.1, 0.15) is 32.1 Å². The van der Waals surface area contributed by atoms with Gasteiger partial charge < -0.3 is 5.32 Å². The molecule has 0 aliphatic heterocycles. The number of nitrogens with two attached hydrogens (primary N) is 1. The molecule has 0 aromatic rings. The van der Waals surface area contributed by atoms with E-state index in [1.807, 2.05) is 0 Å². The van der Waals surface area contributed by atoms with Crippen molar-refractivity contribution in [2.75, 3.05) is 6.61 Å². The molecule has 0 saturated heterocycles. The highest BCUT2D eigenvalue weighted by molar-refractivity contribution is 5.77. The molecule has 0 radical (unpaired) electrons. The molecular weight excluding hydrogens is 156 g/mol. The number of amides is 1. The number of hydrogen-bond acceptors (Lipinski definition) is 3. The second-order valence-electron chi connectivity index (χ2n) is 3.21. The van der Waals surface area contributed by atoms with E-state index in [1.165, 1.54) is 19.3 Å². The minimum Gasteiger partial charge on any atom is -0.351 e. The van der Waals surface area contributed by atoms with Crippen molar-refractivity contribution in [3.05, 3.63) is 0 Å². The molecule has 0 aromatic heterocycles. The van der Waals surface area contributed by atoms with Crippen LogP contribution < -0.4 is 11.2 Å². The van der Waals surface area contributed by atoms with Crippen molar-refractivity contribution in [1.82, 2.24) is 5.32 Å². The molecule has 0 aromatic carbocycles. The average Bonchev–Trinajstić information content (AvgIpc) is 2.06. The van der Waals surface area contributed by atoms with Crippen LogP contribution in [-0.2, 0) is 9.63 Å². The van der Waals surface area contributed by atoms with Gasteiger partial charge in [0, 0.05) is 6.04 Å². The highest BCUT2D eigenvalue weighted by Gasteiger charge is 2.14. The third-order valence-electron chi connectivity index (χ3n) is 2.18. The predicted octanol–water partition coefficient (Wildman–Crippen LogP) is 0.326. The van der Waals surface area contributed by atoms with Crippen molar-refractivity contribution < 1.29 is 9.63 Å². The largest absolute Gasteiger partial charge is 0.351 e. The third kappa shape index (κ3) is 3.19. The van der Waals surface area contributed by atoms with Crippen molar-refractivity contribution in [1.29, 1.82) is 0 Å². The van der Waals surface area contributed by atoms with E-state index in [9.17, 15) is 4.79 Å². The maximum Gasteiger partial charge on any atom is 0.248 e. The van der Waals surface area contributed by atoms with Gasteiger partial charge in [0.2, 0.25) is 5.91 Å². The van der Waals surface area contributed by atoms with Crippen LogP contribution in [0.3, 0.4) is 0 Å². The Labute approximate surface area is 72.4 Å². The van der Waals surface area contributed by atoms with E-state index in [-0.39, 0.29) is 12.5 Å². The van der Waals surface area contributed by atoms with Gasteiger partial charge in [-0.2, -0.15) is 0 Å². The fourth-order valence-corrected chi connectivity index (χ4v) is 1.59. The third-order valence-corrected chi connectivity index (χ3v) is 2.18. The summed E-state index contributed by atoms with van der Waals surface area (Å²) in [5.74, 6) is 4.67. The average molecular weight is 172 g/mol. The van der Waals surface area contributed by atoms with Crippen LogP contribution in [0.2, 0.25) is 0 Å². The number of carbonyl (C=O) groups excluding carboxylic acids is 1. The first-order valence-corrected chi connectivity index (χ1v) is 4.44. The van der Waals surface area contributed by atoms with Crippen LogP contribution >= 0.6 is 0 Å². The maximum absolute atomic E-state index is 11.0. The highest BCUT2D eigenvalue weighted by atomic mass is 16.6. The fraction of sp³-hybridized carbons (Fsp3) is 0.875. The quantitative estimate of drug-likeness (QED) is 0.603. The molecule has 0 atom stereocenters. The van der Waals surface area contributed by atoms with Crippen LogP contribution in [0, 0.1) is 0 Å². The summed E-state index contributed by atoms with van der Waals surface area (Å²) in [6.07, 6.45) is 5.91. The van der Waals surface area contributed by atoms with Crippen molar-refractivity contribution in [2.24, 2.45) is 5.90 Å². The molecule has 0 unspecified atom stereocenters. The van der Waals surface area contributed by atoms with Gasteiger partial charge >= 0.3 is 0 Å². The van der Waals surface area contributed by atoms with Crippen molar-refractivity contribution in [3.63, 3.8) is 0 Å². The molecule has 1 saturated carbocycles. The minimum atomic E-state index is -0.107. The maximum atomic E-state index is 11.0. The van der Waals surface area contributed by atoms with Gasteiger partial charge in [0.25, 0.3) is 0 Å². The van der Waals surface area contributed by atoms with E-state index in [4.69, 9.17) is 5.90 Å². The number of carbonyl (C=O) groups is 1. The topological polar surface area (TPSA) is 64.3 Å². The summed E-state index contributed by atoms with van der Waals surface area (Å²) in [6.45, 7) is -0.0312. The van der Waals surface area contributed by atoms with Crippen LogP contribution in [0.15, 0.2) is 0 Å². The molecule has 1 amide bonds. The molecule has 12 heavy (non-hydrogen) atoms. The van der Waals surface area contributed by atoms with Gasteiger partial charge in [0.1, 0.15) is 6.61 Å². The van der Waals surface area contributed by atoms with E-state index < -0.39 is 0 Å². The highest BCUT2D eigenvalue weighted by Crippen LogP contribution is 2.16. The van der Waals surface area contributed by atoms with Gasteiger partial charge in [-0.05, 0) is 12.8 Å². The fourth-order valence-electron chi connectivity index (χ4n) is 1.59. The zero-order valence-corrected chi connectivity index (χ0v) is 7.21. The molecule has 1 aliphatic rings.